The Morgan fingerprint density at radius 1 is 1.04 bits per heavy atom. The predicted molar refractivity (Wildman–Crippen MR) is 121 cm³/mol. The lowest BCUT2D eigenvalue weighted by Crippen LogP contribution is -2.36. The Balaban J connectivity index is 1.74. The summed E-state index contributed by atoms with van der Waals surface area (Å²) in [6, 6.07) is 14.8. The minimum absolute atomic E-state index is 0.770. The molecule has 0 spiro atoms. The molecule has 1 N–H and O–H groups in total. The van der Waals surface area contributed by atoms with Crippen molar-refractivity contribution in [1.29, 1.82) is 0 Å². The fraction of sp³-hybridized carbons (Fsp3) is 0.304. The first-order chi connectivity index (χ1) is 13.5. The molecule has 3 rings (SSSR count). The van der Waals surface area contributed by atoms with Crippen LogP contribution in [0.15, 0.2) is 61.2 Å². The smallest absolute Gasteiger partial charge is 0.173 e. The van der Waals surface area contributed by atoms with E-state index in [-0.39, 0.29) is 0 Å². The summed E-state index contributed by atoms with van der Waals surface area (Å²) in [5.74, 6) is 0. The van der Waals surface area contributed by atoms with Gasteiger partial charge in [-0.25, -0.2) is 4.98 Å². The Bertz CT molecular complexity index is 898. The molecular formula is C23H28N4S. The number of anilines is 1. The van der Waals surface area contributed by atoms with E-state index in [4.69, 9.17) is 12.2 Å². The molecule has 0 saturated carbocycles. The van der Waals surface area contributed by atoms with Gasteiger partial charge in [-0.3, -0.25) is 0 Å². The molecule has 5 heteroatoms. The van der Waals surface area contributed by atoms with Crippen LogP contribution in [-0.4, -0.2) is 26.1 Å². The average Bonchev–Trinajstić information content (AvgIpc) is 3.19. The molecule has 146 valence electrons. The highest BCUT2D eigenvalue weighted by molar-refractivity contribution is 7.80. The van der Waals surface area contributed by atoms with Gasteiger partial charge in [0.25, 0.3) is 0 Å². The third-order valence-electron chi connectivity index (χ3n) is 5.03. The molecule has 1 heterocycles. The summed E-state index contributed by atoms with van der Waals surface area (Å²) >= 11 is 5.83. The van der Waals surface area contributed by atoms with E-state index in [1.54, 1.807) is 0 Å². The molecule has 4 nitrogen and oxygen atoms in total. The van der Waals surface area contributed by atoms with Crippen LogP contribution >= 0.6 is 12.2 Å². The van der Waals surface area contributed by atoms with Gasteiger partial charge < -0.3 is 14.8 Å². The van der Waals surface area contributed by atoms with Gasteiger partial charge in [0.2, 0.25) is 0 Å². The fourth-order valence-electron chi connectivity index (χ4n) is 3.31. The second-order valence-electron chi connectivity index (χ2n) is 7.20. The minimum Gasteiger partial charge on any atom is -0.345 e. The molecule has 0 atom stereocenters. The van der Waals surface area contributed by atoms with Gasteiger partial charge in [-0.05, 0) is 61.7 Å². The third kappa shape index (κ3) is 5.20. The van der Waals surface area contributed by atoms with Crippen molar-refractivity contribution in [2.75, 3.05) is 11.9 Å². The molecule has 1 aromatic heterocycles. The van der Waals surface area contributed by atoms with Crippen LogP contribution in [0.5, 0.6) is 0 Å². The van der Waals surface area contributed by atoms with Gasteiger partial charge in [-0.2, -0.15) is 0 Å². The highest BCUT2D eigenvalue weighted by Crippen LogP contribution is 2.21. The summed E-state index contributed by atoms with van der Waals surface area (Å²) in [5, 5.41) is 4.27. The van der Waals surface area contributed by atoms with Crippen LogP contribution in [0.1, 0.15) is 28.7 Å². The highest BCUT2D eigenvalue weighted by Gasteiger charge is 2.13. The zero-order chi connectivity index (χ0) is 19.9. The second kappa shape index (κ2) is 9.51. The van der Waals surface area contributed by atoms with Crippen LogP contribution in [0.25, 0.3) is 0 Å². The number of aryl methyl sites for hydroxylation is 4. The van der Waals surface area contributed by atoms with Crippen molar-refractivity contribution in [3.05, 3.63) is 83.4 Å². The van der Waals surface area contributed by atoms with Crippen molar-refractivity contribution < 1.29 is 0 Å². The topological polar surface area (TPSA) is 33.1 Å². The monoisotopic (exact) mass is 392 g/mol. The van der Waals surface area contributed by atoms with Gasteiger partial charge in [-0.1, -0.05) is 42.5 Å². The number of imidazole rings is 1. The predicted octanol–water partition coefficient (Wildman–Crippen LogP) is 5.10. The molecule has 0 saturated heterocycles. The molecule has 0 aliphatic rings. The number of nitrogens with zero attached hydrogens (tertiary/aromatic N) is 3. The van der Waals surface area contributed by atoms with Crippen molar-refractivity contribution in [3.63, 3.8) is 0 Å². The van der Waals surface area contributed by atoms with E-state index < -0.39 is 0 Å². The zero-order valence-corrected chi connectivity index (χ0v) is 17.7. The first-order valence-corrected chi connectivity index (χ1v) is 10.1. The summed E-state index contributed by atoms with van der Waals surface area (Å²) in [5.41, 5.74) is 6.11. The molecule has 0 aliphatic carbocycles. The maximum Gasteiger partial charge on any atom is 0.173 e. The molecule has 3 aromatic rings. The Labute approximate surface area is 173 Å². The third-order valence-corrected chi connectivity index (χ3v) is 5.39. The number of thiocarbonyl (C=S) groups is 1. The number of aromatic nitrogens is 2. The van der Waals surface area contributed by atoms with Gasteiger partial charge in [0.1, 0.15) is 0 Å². The standard InChI is InChI=1S/C23H28N4S/c1-18-8-4-5-11-21(18)16-27(14-7-13-26-15-12-24-17-26)23(28)25-22-19(2)9-6-10-20(22)3/h4-6,8-12,15,17H,7,13-14,16H2,1-3H3,(H,25,28). The van der Waals surface area contributed by atoms with Crippen LogP contribution in [-0.2, 0) is 13.1 Å². The number of hydrogen-bond donors (Lipinski definition) is 1. The number of nitrogens with one attached hydrogen (secondary N) is 1. The number of hydrogen-bond acceptors (Lipinski definition) is 2. The number of rotatable bonds is 7. The lowest BCUT2D eigenvalue weighted by atomic mass is 10.1. The van der Waals surface area contributed by atoms with Crippen LogP contribution in [0.4, 0.5) is 5.69 Å². The van der Waals surface area contributed by atoms with Gasteiger partial charge >= 0.3 is 0 Å². The van der Waals surface area contributed by atoms with E-state index in [1.165, 1.54) is 22.3 Å². The molecule has 0 bridgehead atoms. The quantitative estimate of drug-likeness (QED) is 0.567. The molecular weight excluding hydrogens is 364 g/mol. The summed E-state index contributed by atoms with van der Waals surface area (Å²) in [6.45, 7) is 8.99. The van der Waals surface area contributed by atoms with Crippen molar-refractivity contribution in [3.8, 4) is 0 Å². The molecule has 0 amide bonds. The average molecular weight is 393 g/mol. The highest BCUT2D eigenvalue weighted by atomic mass is 32.1. The summed E-state index contributed by atoms with van der Waals surface area (Å²) in [7, 11) is 0. The molecule has 0 radical (unpaired) electrons. The number of para-hydroxylation sites is 1. The van der Waals surface area contributed by atoms with E-state index in [1.807, 2.05) is 18.7 Å². The first-order valence-electron chi connectivity index (χ1n) is 9.67. The van der Waals surface area contributed by atoms with Crippen molar-refractivity contribution in [1.82, 2.24) is 14.5 Å². The van der Waals surface area contributed by atoms with Gasteiger partial charge in [0.05, 0.1) is 6.33 Å². The Morgan fingerprint density at radius 2 is 1.75 bits per heavy atom. The van der Waals surface area contributed by atoms with Crippen molar-refractivity contribution in [2.45, 2.75) is 40.3 Å². The lowest BCUT2D eigenvalue weighted by Gasteiger charge is -2.28. The van der Waals surface area contributed by atoms with Crippen LogP contribution in [0, 0.1) is 20.8 Å². The largest absolute Gasteiger partial charge is 0.345 e. The van der Waals surface area contributed by atoms with E-state index in [0.717, 1.165) is 36.9 Å². The fourth-order valence-corrected chi connectivity index (χ4v) is 3.56. The second-order valence-corrected chi connectivity index (χ2v) is 7.59. The molecule has 0 aliphatic heterocycles. The van der Waals surface area contributed by atoms with Crippen LogP contribution in [0.2, 0.25) is 0 Å². The van der Waals surface area contributed by atoms with E-state index in [2.05, 4.69) is 83.0 Å². The molecule has 0 unspecified atom stereocenters. The molecule has 28 heavy (non-hydrogen) atoms. The van der Waals surface area contributed by atoms with Crippen LogP contribution in [0.3, 0.4) is 0 Å². The SMILES string of the molecule is Cc1ccccc1CN(CCCn1ccnc1)C(=S)Nc1c(C)cccc1C. The van der Waals surface area contributed by atoms with E-state index in [9.17, 15) is 0 Å². The Morgan fingerprint density at radius 3 is 2.43 bits per heavy atom. The van der Waals surface area contributed by atoms with E-state index in [0.29, 0.717) is 0 Å². The first kappa shape index (κ1) is 20.1. The minimum atomic E-state index is 0.770. The summed E-state index contributed by atoms with van der Waals surface area (Å²) < 4.78 is 2.11. The van der Waals surface area contributed by atoms with Gasteiger partial charge in [0.15, 0.2) is 5.11 Å². The summed E-state index contributed by atoms with van der Waals surface area (Å²) in [4.78, 5) is 6.39. The zero-order valence-electron chi connectivity index (χ0n) is 16.9. The Kier molecular flexibility index (Phi) is 6.82. The Hall–Kier alpha value is -2.66. The maximum atomic E-state index is 5.83. The van der Waals surface area contributed by atoms with Crippen molar-refractivity contribution in [2.24, 2.45) is 0 Å². The normalized spacial score (nSPS) is 10.7. The van der Waals surface area contributed by atoms with Gasteiger partial charge in [0, 0.05) is 37.7 Å². The van der Waals surface area contributed by atoms with E-state index >= 15 is 0 Å². The molecule has 0 fully saturated rings. The summed E-state index contributed by atoms with van der Waals surface area (Å²) in [6.07, 6.45) is 6.67. The van der Waals surface area contributed by atoms with Crippen molar-refractivity contribution >= 4 is 23.0 Å². The maximum absolute atomic E-state index is 5.83. The van der Waals surface area contributed by atoms with Gasteiger partial charge in [-0.15, -0.1) is 0 Å². The van der Waals surface area contributed by atoms with Crippen LogP contribution < -0.4 is 5.32 Å². The molecule has 2 aromatic carbocycles. The number of benzene rings is 2. The lowest BCUT2D eigenvalue weighted by molar-refractivity contribution is 0.395.